The second kappa shape index (κ2) is 7.26. The largest absolute Gasteiger partial charge is 0.473 e. The molecule has 8 nitrogen and oxygen atoms in total. The summed E-state index contributed by atoms with van der Waals surface area (Å²) in [4.78, 5) is 17.8. The number of alkyl halides is 2. The van der Waals surface area contributed by atoms with Crippen LogP contribution in [0, 0.1) is 0 Å². The SMILES string of the molecule is C=CC(=O)N(C)C1CC(Oc2nc(-c3cnn(C)c3)cn3ncc(C(F)F)c23)C1. The highest BCUT2D eigenvalue weighted by Gasteiger charge is 2.36. The lowest BCUT2D eigenvalue weighted by Gasteiger charge is -2.40. The molecule has 1 fully saturated rings. The summed E-state index contributed by atoms with van der Waals surface area (Å²) in [5.74, 6) is -0.0661. The Bertz CT molecular complexity index is 1070. The monoisotopic (exact) mass is 402 g/mol. The first-order valence-corrected chi connectivity index (χ1v) is 9.08. The summed E-state index contributed by atoms with van der Waals surface area (Å²) < 4.78 is 35.9. The third-order valence-corrected chi connectivity index (χ3v) is 5.15. The number of hydrogen-bond donors (Lipinski definition) is 0. The van der Waals surface area contributed by atoms with E-state index in [1.54, 1.807) is 42.3 Å². The van der Waals surface area contributed by atoms with Gasteiger partial charge in [0.05, 0.1) is 29.8 Å². The molecule has 0 bridgehead atoms. The molecule has 0 atom stereocenters. The van der Waals surface area contributed by atoms with Gasteiger partial charge in [-0.1, -0.05) is 6.58 Å². The molecule has 0 aromatic carbocycles. The van der Waals surface area contributed by atoms with Crippen LogP contribution in [0.2, 0.25) is 0 Å². The summed E-state index contributed by atoms with van der Waals surface area (Å²) in [6.07, 6.45) is 5.59. The predicted molar refractivity (Wildman–Crippen MR) is 101 cm³/mol. The lowest BCUT2D eigenvalue weighted by Crippen LogP contribution is -2.49. The number of halogens is 2. The van der Waals surface area contributed by atoms with Crippen molar-refractivity contribution < 1.29 is 18.3 Å². The molecular weight excluding hydrogens is 382 g/mol. The predicted octanol–water partition coefficient (Wildman–Crippen LogP) is 2.62. The van der Waals surface area contributed by atoms with E-state index in [1.807, 2.05) is 0 Å². The first kappa shape index (κ1) is 19.0. The maximum atomic E-state index is 13.5. The summed E-state index contributed by atoms with van der Waals surface area (Å²) in [7, 11) is 3.48. The molecule has 0 saturated heterocycles. The smallest absolute Gasteiger partial charge is 0.267 e. The highest BCUT2D eigenvalue weighted by Crippen LogP contribution is 2.35. The van der Waals surface area contributed by atoms with Crippen molar-refractivity contribution in [2.45, 2.75) is 31.4 Å². The molecule has 1 aliphatic carbocycles. The van der Waals surface area contributed by atoms with E-state index in [2.05, 4.69) is 21.8 Å². The molecule has 0 unspecified atom stereocenters. The molecule has 29 heavy (non-hydrogen) atoms. The number of carbonyl (C=O) groups excluding carboxylic acids is 1. The zero-order chi connectivity index (χ0) is 20.7. The zero-order valence-electron chi connectivity index (χ0n) is 16.0. The number of amides is 1. The number of aryl methyl sites for hydroxylation is 1. The fourth-order valence-electron chi connectivity index (χ4n) is 3.37. The van der Waals surface area contributed by atoms with E-state index in [4.69, 9.17) is 4.74 Å². The second-order valence-corrected chi connectivity index (χ2v) is 7.05. The molecule has 0 N–H and O–H groups in total. The van der Waals surface area contributed by atoms with Crippen molar-refractivity contribution in [3.05, 3.63) is 43.0 Å². The molecule has 0 spiro atoms. The van der Waals surface area contributed by atoms with Crippen LogP contribution >= 0.6 is 0 Å². The second-order valence-electron chi connectivity index (χ2n) is 7.05. The highest BCUT2D eigenvalue weighted by atomic mass is 19.3. The van der Waals surface area contributed by atoms with Gasteiger partial charge in [0.15, 0.2) is 0 Å². The van der Waals surface area contributed by atoms with E-state index in [0.29, 0.717) is 18.5 Å². The lowest BCUT2D eigenvalue weighted by molar-refractivity contribution is -0.130. The first-order valence-electron chi connectivity index (χ1n) is 9.08. The van der Waals surface area contributed by atoms with E-state index in [-0.39, 0.29) is 35.0 Å². The molecule has 1 amide bonds. The highest BCUT2D eigenvalue weighted by molar-refractivity contribution is 5.87. The van der Waals surface area contributed by atoms with Gasteiger partial charge in [0.2, 0.25) is 11.8 Å². The van der Waals surface area contributed by atoms with Gasteiger partial charge < -0.3 is 9.64 Å². The van der Waals surface area contributed by atoms with Gasteiger partial charge in [-0.15, -0.1) is 0 Å². The number of carbonyl (C=O) groups is 1. The Morgan fingerprint density at radius 1 is 1.34 bits per heavy atom. The summed E-state index contributed by atoms with van der Waals surface area (Å²) >= 11 is 0. The Morgan fingerprint density at radius 2 is 2.10 bits per heavy atom. The van der Waals surface area contributed by atoms with Gasteiger partial charge in [0.25, 0.3) is 6.43 Å². The Hall–Kier alpha value is -3.30. The maximum absolute atomic E-state index is 13.5. The minimum absolute atomic E-state index is 0.0162. The van der Waals surface area contributed by atoms with E-state index in [0.717, 1.165) is 11.8 Å². The van der Waals surface area contributed by atoms with Crippen LogP contribution < -0.4 is 4.74 Å². The van der Waals surface area contributed by atoms with E-state index < -0.39 is 6.43 Å². The van der Waals surface area contributed by atoms with Crippen LogP contribution in [0.1, 0.15) is 24.8 Å². The van der Waals surface area contributed by atoms with Gasteiger partial charge in [-0.2, -0.15) is 10.2 Å². The molecule has 152 valence electrons. The van der Waals surface area contributed by atoms with Crippen LogP contribution in [0.3, 0.4) is 0 Å². The van der Waals surface area contributed by atoms with Gasteiger partial charge in [0, 0.05) is 44.7 Å². The summed E-state index contributed by atoms with van der Waals surface area (Å²) in [5, 5.41) is 8.17. The summed E-state index contributed by atoms with van der Waals surface area (Å²) in [5.41, 5.74) is 1.14. The number of ether oxygens (including phenoxy) is 1. The molecular formula is C19H20F2N6O2. The Balaban J connectivity index is 1.64. The minimum Gasteiger partial charge on any atom is -0.473 e. The third kappa shape index (κ3) is 3.45. The molecule has 3 aromatic rings. The van der Waals surface area contributed by atoms with Gasteiger partial charge in [-0.05, 0) is 6.08 Å². The molecule has 0 aliphatic heterocycles. The Labute approximate surface area is 165 Å². The number of nitrogens with zero attached hydrogens (tertiary/aromatic N) is 6. The lowest BCUT2D eigenvalue weighted by atomic mass is 9.88. The van der Waals surface area contributed by atoms with Gasteiger partial charge >= 0.3 is 0 Å². The minimum atomic E-state index is -2.70. The quantitative estimate of drug-likeness (QED) is 0.593. The van der Waals surface area contributed by atoms with Crippen molar-refractivity contribution in [1.29, 1.82) is 0 Å². The van der Waals surface area contributed by atoms with Crippen LogP contribution in [-0.4, -0.2) is 54.4 Å². The fraction of sp³-hybridized carbons (Fsp3) is 0.368. The summed E-state index contributed by atoms with van der Waals surface area (Å²) in [6, 6.07) is 0.0162. The molecule has 1 aliphatic rings. The van der Waals surface area contributed by atoms with Crippen molar-refractivity contribution in [3.8, 4) is 17.1 Å². The number of likely N-dealkylation sites (N-methyl/N-ethyl adjacent to an activating group) is 1. The zero-order valence-corrected chi connectivity index (χ0v) is 16.0. The number of hydrogen-bond acceptors (Lipinski definition) is 5. The topological polar surface area (TPSA) is 77.6 Å². The third-order valence-electron chi connectivity index (χ3n) is 5.15. The molecule has 4 rings (SSSR count). The van der Waals surface area contributed by atoms with Crippen LogP contribution in [0.25, 0.3) is 16.8 Å². The van der Waals surface area contributed by atoms with Gasteiger partial charge in [-0.25, -0.2) is 18.3 Å². The van der Waals surface area contributed by atoms with Crippen LogP contribution in [0.4, 0.5) is 8.78 Å². The van der Waals surface area contributed by atoms with E-state index >= 15 is 0 Å². The molecule has 3 aromatic heterocycles. The van der Waals surface area contributed by atoms with Crippen molar-refractivity contribution >= 4 is 11.4 Å². The first-order chi connectivity index (χ1) is 13.9. The Morgan fingerprint density at radius 3 is 2.72 bits per heavy atom. The number of fused-ring (bicyclic) bond motifs is 1. The molecule has 1 saturated carbocycles. The normalized spacial score (nSPS) is 18.7. The summed E-state index contributed by atoms with van der Waals surface area (Å²) in [6.45, 7) is 3.48. The van der Waals surface area contributed by atoms with Crippen molar-refractivity contribution in [3.63, 3.8) is 0 Å². The fourth-order valence-corrected chi connectivity index (χ4v) is 3.37. The standard InChI is InChI=1S/C19H20F2N6O2/c1-4-16(28)26(3)12-5-13(6-12)29-19-17-14(18(20)21)8-23-27(17)10-15(24-19)11-7-22-25(2)9-11/h4,7-10,12-13,18H,1,5-6H2,2-3H3. The van der Waals surface area contributed by atoms with Crippen LogP contribution in [0.5, 0.6) is 5.88 Å². The molecule has 3 heterocycles. The van der Waals surface area contributed by atoms with E-state index in [9.17, 15) is 13.6 Å². The van der Waals surface area contributed by atoms with Crippen LogP contribution in [0.15, 0.2) is 37.4 Å². The van der Waals surface area contributed by atoms with Crippen molar-refractivity contribution in [2.24, 2.45) is 7.05 Å². The van der Waals surface area contributed by atoms with Crippen molar-refractivity contribution in [1.82, 2.24) is 29.3 Å². The van der Waals surface area contributed by atoms with Crippen molar-refractivity contribution in [2.75, 3.05) is 7.05 Å². The average Bonchev–Trinajstić information content (AvgIpc) is 3.29. The van der Waals surface area contributed by atoms with Crippen LogP contribution in [-0.2, 0) is 11.8 Å². The van der Waals surface area contributed by atoms with Gasteiger partial charge in [0.1, 0.15) is 11.6 Å². The van der Waals surface area contributed by atoms with E-state index in [1.165, 1.54) is 10.6 Å². The Kier molecular flexibility index (Phi) is 4.77. The number of rotatable bonds is 6. The number of aromatic nitrogens is 5. The average molecular weight is 402 g/mol. The molecule has 0 radical (unpaired) electrons. The van der Waals surface area contributed by atoms with Gasteiger partial charge in [-0.3, -0.25) is 9.48 Å². The maximum Gasteiger partial charge on any atom is 0.267 e. The molecule has 10 heteroatoms.